The van der Waals surface area contributed by atoms with Crippen LogP contribution < -0.4 is 11.1 Å². The number of primary amides is 1. The number of esters is 1. The van der Waals surface area contributed by atoms with Crippen molar-refractivity contribution >= 4 is 39.5 Å². The molecule has 9 nitrogen and oxygen atoms in total. The maximum Gasteiger partial charge on any atom is 0.338 e. The number of imide groups is 1. The first kappa shape index (κ1) is 21.1. The van der Waals surface area contributed by atoms with Crippen LogP contribution in [0.4, 0.5) is 4.79 Å². The highest BCUT2D eigenvalue weighted by atomic mass is 35.5. The average molecular weight is 418 g/mol. The van der Waals surface area contributed by atoms with Crippen LogP contribution >= 0.6 is 11.6 Å². The van der Waals surface area contributed by atoms with Crippen LogP contribution in [-0.2, 0) is 19.6 Å². The molecule has 0 unspecified atom stereocenters. The lowest BCUT2D eigenvalue weighted by Crippen LogP contribution is -2.37. The first-order chi connectivity index (χ1) is 12.7. The maximum absolute atomic E-state index is 12.9. The van der Waals surface area contributed by atoms with Gasteiger partial charge in [-0.3, -0.25) is 10.1 Å². The van der Waals surface area contributed by atoms with Gasteiger partial charge in [0, 0.05) is 13.1 Å². The number of halogens is 1. The van der Waals surface area contributed by atoms with E-state index < -0.39 is 34.5 Å². The molecule has 1 aliphatic rings. The smallest absolute Gasteiger partial charge is 0.338 e. The molecule has 11 heteroatoms. The second-order valence-electron chi connectivity index (χ2n) is 5.95. The van der Waals surface area contributed by atoms with E-state index in [0.29, 0.717) is 13.1 Å². The Morgan fingerprint density at radius 1 is 1.15 bits per heavy atom. The van der Waals surface area contributed by atoms with Crippen molar-refractivity contribution < 1.29 is 27.5 Å². The van der Waals surface area contributed by atoms with E-state index in [1.807, 2.05) is 0 Å². The molecule has 3 amide bonds. The number of hydrogen-bond donors (Lipinski definition) is 2. The number of hydrogen-bond acceptors (Lipinski definition) is 6. The quantitative estimate of drug-likeness (QED) is 0.692. The van der Waals surface area contributed by atoms with Crippen molar-refractivity contribution in [2.24, 2.45) is 5.73 Å². The number of ether oxygens (including phenoxy) is 1. The molecule has 2 rings (SSSR count). The zero-order valence-corrected chi connectivity index (χ0v) is 16.0. The Labute approximate surface area is 161 Å². The number of benzene rings is 1. The summed E-state index contributed by atoms with van der Waals surface area (Å²) in [6.07, 6.45) is 3.43. The standard InChI is InChI=1S/C16H20ClN3O6S/c17-12-6-5-11(15(22)26-10-14(21)19-16(18)23)9-13(12)27(24,25)20-7-3-1-2-4-8-20/h5-6,9H,1-4,7-8,10H2,(H3,18,19,21,23). The normalized spacial score (nSPS) is 15.6. The summed E-state index contributed by atoms with van der Waals surface area (Å²) in [5, 5.41) is 1.73. The highest BCUT2D eigenvalue weighted by Crippen LogP contribution is 2.27. The van der Waals surface area contributed by atoms with E-state index >= 15 is 0 Å². The molecule has 1 fully saturated rings. The van der Waals surface area contributed by atoms with Crippen LogP contribution in [0.3, 0.4) is 0 Å². The van der Waals surface area contributed by atoms with Crippen LogP contribution in [0.2, 0.25) is 5.02 Å². The summed E-state index contributed by atoms with van der Waals surface area (Å²) >= 11 is 6.06. The number of urea groups is 1. The summed E-state index contributed by atoms with van der Waals surface area (Å²) in [5.74, 6) is -1.83. The highest BCUT2D eigenvalue weighted by Gasteiger charge is 2.28. The Balaban J connectivity index is 2.18. The Kier molecular flexibility index (Phi) is 7.17. The summed E-state index contributed by atoms with van der Waals surface area (Å²) < 4.78 is 31.9. The van der Waals surface area contributed by atoms with Crippen molar-refractivity contribution in [3.8, 4) is 0 Å². The van der Waals surface area contributed by atoms with Gasteiger partial charge >= 0.3 is 12.0 Å². The van der Waals surface area contributed by atoms with E-state index in [9.17, 15) is 22.8 Å². The van der Waals surface area contributed by atoms with Crippen LogP contribution in [0.25, 0.3) is 0 Å². The molecule has 3 N–H and O–H groups in total. The minimum Gasteiger partial charge on any atom is -0.452 e. The molecule has 1 heterocycles. The number of rotatable bonds is 5. The third kappa shape index (κ3) is 5.65. The fourth-order valence-electron chi connectivity index (χ4n) is 2.64. The summed E-state index contributed by atoms with van der Waals surface area (Å²) in [6, 6.07) is 2.62. The van der Waals surface area contributed by atoms with Crippen molar-refractivity contribution in [2.45, 2.75) is 30.6 Å². The van der Waals surface area contributed by atoms with Crippen molar-refractivity contribution in [1.82, 2.24) is 9.62 Å². The SMILES string of the molecule is NC(=O)NC(=O)COC(=O)c1ccc(Cl)c(S(=O)(=O)N2CCCCCC2)c1. The summed E-state index contributed by atoms with van der Waals surface area (Å²) in [6.45, 7) is 0.0415. The number of amides is 3. The monoisotopic (exact) mass is 417 g/mol. The predicted octanol–water partition coefficient (Wildman–Crippen LogP) is 1.26. The Morgan fingerprint density at radius 3 is 2.37 bits per heavy atom. The largest absolute Gasteiger partial charge is 0.452 e. The van der Waals surface area contributed by atoms with Crippen LogP contribution in [0.5, 0.6) is 0 Å². The molecule has 0 aromatic heterocycles. The van der Waals surface area contributed by atoms with E-state index in [1.165, 1.54) is 16.4 Å². The molecule has 0 bridgehead atoms. The van der Waals surface area contributed by atoms with E-state index in [4.69, 9.17) is 22.1 Å². The fraction of sp³-hybridized carbons (Fsp3) is 0.438. The van der Waals surface area contributed by atoms with E-state index in [0.717, 1.165) is 31.7 Å². The van der Waals surface area contributed by atoms with E-state index in [2.05, 4.69) is 0 Å². The van der Waals surface area contributed by atoms with Gasteiger partial charge in [0.2, 0.25) is 10.0 Å². The van der Waals surface area contributed by atoms with Crippen molar-refractivity contribution in [2.75, 3.05) is 19.7 Å². The summed E-state index contributed by atoms with van der Waals surface area (Å²) in [4.78, 5) is 33.7. The Bertz CT molecular complexity index is 835. The third-order valence-corrected chi connectivity index (χ3v) is 6.33. The molecule has 148 valence electrons. The lowest BCUT2D eigenvalue weighted by Gasteiger charge is -2.21. The summed E-state index contributed by atoms with van der Waals surface area (Å²) in [7, 11) is -3.87. The van der Waals surface area contributed by atoms with Gasteiger partial charge in [0.15, 0.2) is 6.61 Å². The van der Waals surface area contributed by atoms with Crippen LogP contribution in [0.15, 0.2) is 23.1 Å². The van der Waals surface area contributed by atoms with Crippen molar-refractivity contribution in [1.29, 1.82) is 0 Å². The van der Waals surface area contributed by atoms with Crippen molar-refractivity contribution in [3.63, 3.8) is 0 Å². The number of nitrogens with one attached hydrogen (secondary N) is 1. The third-order valence-electron chi connectivity index (χ3n) is 3.95. The molecule has 1 saturated heterocycles. The maximum atomic E-state index is 12.9. The zero-order valence-electron chi connectivity index (χ0n) is 14.4. The predicted molar refractivity (Wildman–Crippen MR) is 96.7 cm³/mol. The molecule has 1 aliphatic heterocycles. The highest BCUT2D eigenvalue weighted by molar-refractivity contribution is 7.89. The van der Waals surface area contributed by atoms with E-state index in [-0.39, 0.29) is 15.5 Å². The zero-order chi connectivity index (χ0) is 20.0. The topological polar surface area (TPSA) is 136 Å². The molecule has 0 aliphatic carbocycles. The molecule has 1 aromatic carbocycles. The van der Waals surface area contributed by atoms with Crippen molar-refractivity contribution in [3.05, 3.63) is 28.8 Å². The van der Waals surface area contributed by atoms with Gasteiger partial charge in [0.25, 0.3) is 5.91 Å². The van der Waals surface area contributed by atoms with Gasteiger partial charge in [-0.2, -0.15) is 4.31 Å². The molecule has 27 heavy (non-hydrogen) atoms. The number of sulfonamides is 1. The second kappa shape index (κ2) is 9.16. The number of carbonyl (C=O) groups is 3. The molecular formula is C16H20ClN3O6S. The Morgan fingerprint density at radius 2 is 1.78 bits per heavy atom. The van der Waals surface area contributed by atoms with Gasteiger partial charge in [0.05, 0.1) is 10.6 Å². The van der Waals surface area contributed by atoms with Gasteiger partial charge in [-0.05, 0) is 31.0 Å². The molecule has 0 atom stereocenters. The minimum absolute atomic E-state index is 0.0118. The average Bonchev–Trinajstić information content (AvgIpc) is 2.89. The van der Waals surface area contributed by atoms with Gasteiger partial charge in [-0.25, -0.2) is 18.0 Å². The molecular weight excluding hydrogens is 398 g/mol. The first-order valence-corrected chi connectivity index (χ1v) is 10.1. The molecule has 0 saturated carbocycles. The van der Waals surface area contributed by atoms with Gasteiger partial charge < -0.3 is 10.5 Å². The fourth-order valence-corrected chi connectivity index (χ4v) is 4.65. The summed E-state index contributed by atoms with van der Waals surface area (Å²) in [5.41, 5.74) is 4.70. The van der Waals surface area contributed by atoms with Crippen LogP contribution in [-0.4, -0.2) is 50.3 Å². The van der Waals surface area contributed by atoms with Gasteiger partial charge in [-0.1, -0.05) is 24.4 Å². The molecule has 1 aromatic rings. The number of nitrogens with zero attached hydrogens (tertiary/aromatic N) is 1. The second-order valence-corrected chi connectivity index (χ2v) is 8.27. The minimum atomic E-state index is -3.87. The Hall–Kier alpha value is -2.17. The lowest BCUT2D eigenvalue weighted by atomic mass is 10.2. The van der Waals surface area contributed by atoms with Crippen LogP contribution in [0.1, 0.15) is 36.0 Å². The lowest BCUT2D eigenvalue weighted by molar-refractivity contribution is -0.123. The van der Waals surface area contributed by atoms with Crippen LogP contribution in [0, 0.1) is 0 Å². The molecule has 0 spiro atoms. The number of carbonyl (C=O) groups excluding carboxylic acids is 3. The molecule has 0 radical (unpaired) electrons. The first-order valence-electron chi connectivity index (χ1n) is 8.28. The van der Waals surface area contributed by atoms with Gasteiger partial charge in [-0.15, -0.1) is 0 Å². The van der Waals surface area contributed by atoms with E-state index in [1.54, 1.807) is 5.32 Å². The number of nitrogens with two attached hydrogens (primary N) is 1. The van der Waals surface area contributed by atoms with Gasteiger partial charge in [0.1, 0.15) is 4.90 Å².